The standard InChI is InChI=1S/C13H8F4OS/c1-18-7-2-4-8(5-3-7)19-13-11(16)9(14)6-10(15)12(13)17/h2-6H,1H3. The molecule has 2 aromatic rings. The second-order valence-corrected chi connectivity index (χ2v) is 4.66. The maximum atomic E-state index is 13.4. The predicted molar refractivity (Wildman–Crippen MR) is 63.4 cm³/mol. The highest BCUT2D eigenvalue weighted by molar-refractivity contribution is 7.99. The molecule has 0 aromatic heterocycles. The van der Waals surface area contributed by atoms with Crippen LogP contribution in [0.4, 0.5) is 17.6 Å². The van der Waals surface area contributed by atoms with Gasteiger partial charge in [0.25, 0.3) is 0 Å². The van der Waals surface area contributed by atoms with E-state index in [2.05, 4.69) is 0 Å². The Kier molecular flexibility index (Phi) is 3.99. The first kappa shape index (κ1) is 13.7. The molecule has 0 fully saturated rings. The van der Waals surface area contributed by atoms with Gasteiger partial charge in [-0.15, -0.1) is 0 Å². The average molecular weight is 288 g/mol. The van der Waals surface area contributed by atoms with E-state index in [0.29, 0.717) is 22.4 Å². The van der Waals surface area contributed by atoms with Crippen LogP contribution in [-0.4, -0.2) is 7.11 Å². The number of hydrogen-bond donors (Lipinski definition) is 0. The third-order valence-electron chi connectivity index (χ3n) is 2.35. The molecule has 100 valence electrons. The Morgan fingerprint density at radius 1 is 0.895 bits per heavy atom. The quantitative estimate of drug-likeness (QED) is 0.611. The number of methoxy groups -OCH3 is 1. The zero-order valence-electron chi connectivity index (χ0n) is 9.72. The molecule has 0 saturated heterocycles. The van der Waals surface area contributed by atoms with Gasteiger partial charge in [0.05, 0.1) is 12.0 Å². The van der Waals surface area contributed by atoms with Crippen LogP contribution in [0.15, 0.2) is 40.1 Å². The van der Waals surface area contributed by atoms with Crippen molar-refractivity contribution in [2.24, 2.45) is 0 Å². The van der Waals surface area contributed by atoms with Gasteiger partial charge in [0.15, 0.2) is 23.3 Å². The van der Waals surface area contributed by atoms with Crippen LogP contribution in [0.5, 0.6) is 5.75 Å². The molecule has 6 heteroatoms. The van der Waals surface area contributed by atoms with E-state index in [4.69, 9.17) is 4.74 Å². The summed E-state index contributed by atoms with van der Waals surface area (Å²) >= 11 is 0.603. The van der Waals surface area contributed by atoms with Crippen LogP contribution in [0, 0.1) is 23.3 Å². The molecule has 0 spiro atoms. The first-order valence-corrected chi connectivity index (χ1v) is 5.99. The van der Waals surface area contributed by atoms with Crippen LogP contribution in [-0.2, 0) is 0 Å². The number of rotatable bonds is 3. The predicted octanol–water partition coefficient (Wildman–Crippen LogP) is 4.40. The molecule has 0 unspecified atom stereocenters. The van der Waals surface area contributed by atoms with Gasteiger partial charge in [0.1, 0.15) is 5.75 Å². The van der Waals surface area contributed by atoms with Gasteiger partial charge in [0, 0.05) is 11.0 Å². The van der Waals surface area contributed by atoms with Gasteiger partial charge in [-0.3, -0.25) is 0 Å². The number of hydrogen-bond acceptors (Lipinski definition) is 2. The van der Waals surface area contributed by atoms with Gasteiger partial charge >= 0.3 is 0 Å². The van der Waals surface area contributed by atoms with E-state index < -0.39 is 28.2 Å². The summed E-state index contributed by atoms with van der Waals surface area (Å²) in [6.45, 7) is 0. The summed E-state index contributed by atoms with van der Waals surface area (Å²) in [4.78, 5) is -0.272. The minimum atomic E-state index is -1.42. The zero-order valence-corrected chi connectivity index (χ0v) is 10.5. The molecule has 0 amide bonds. The first-order chi connectivity index (χ1) is 9.02. The van der Waals surface area contributed by atoms with Gasteiger partial charge < -0.3 is 4.74 Å². The molecule has 2 aromatic carbocycles. The molecule has 2 rings (SSSR count). The van der Waals surface area contributed by atoms with Crippen molar-refractivity contribution in [3.8, 4) is 5.75 Å². The van der Waals surface area contributed by atoms with E-state index >= 15 is 0 Å². The fourth-order valence-electron chi connectivity index (χ4n) is 1.40. The summed E-state index contributed by atoms with van der Waals surface area (Å²) in [6, 6.07) is 6.40. The molecule has 0 aliphatic heterocycles. The largest absolute Gasteiger partial charge is 0.497 e. The summed E-state index contributed by atoms with van der Waals surface area (Å²) in [7, 11) is 1.48. The third kappa shape index (κ3) is 2.84. The highest BCUT2D eigenvalue weighted by Crippen LogP contribution is 2.34. The topological polar surface area (TPSA) is 9.23 Å². The average Bonchev–Trinajstić information content (AvgIpc) is 2.42. The number of benzene rings is 2. The van der Waals surface area contributed by atoms with Crippen molar-refractivity contribution in [1.82, 2.24) is 0 Å². The van der Waals surface area contributed by atoms with Crippen LogP contribution < -0.4 is 4.74 Å². The molecule has 0 heterocycles. The summed E-state index contributed by atoms with van der Waals surface area (Å²) in [5, 5.41) is 0. The Morgan fingerprint density at radius 3 is 1.89 bits per heavy atom. The van der Waals surface area contributed by atoms with Crippen molar-refractivity contribution in [3.63, 3.8) is 0 Å². The Labute approximate surface area is 111 Å². The molecule has 19 heavy (non-hydrogen) atoms. The minimum Gasteiger partial charge on any atom is -0.497 e. The molecule has 0 bridgehead atoms. The van der Waals surface area contributed by atoms with Crippen LogP contribution >= 0.6 is 11.8 Å². The van der Waals surface area contributed by atoms with Crippen molar-refractivity contribution >= 4 is 11.8 Å². The molecule has 0 aliphatic rings. The molecule has 1 nitrogen and oxygen atoms in total. The molecular weight excluding hydrogens is 280 g/mol. The van der Waals surface area contributed by atoms with Gasteiger partial charge in [-0.05, 0) is 24.3 Å². The van der Waals surface area contributed by atoms with E-state index in [0.717, 1.165) is 0 Å². The Balaban J connectivity index is 2.37. The Hall–Kier alpha value is -1.69. The fourth-order valence-corrected chi connectivity index (χ4v) is 2.28. The first-order valence-electron chi connectivity index (χ1n) is 5.18. The van der Waals surface area contributed by atoms with Crippen molar-refractivity contribution in [2.75, 3.05) is 7.11 Å². The van der Waals surface area contributed by atoms with Gasteiger partial charge in [-0.25, -0.2) is 17.6 Å². The van der Waals surface area contributed by atoms with E-state index in [-0.39, 0.29) is 6.07 Å². The summed E-state index contributed by atoms with van der Waals surface area (Å²) in [6.07, 6.45) is 0. The second-order valence-electron chi connectivity index (χ2n) is 3.57. The normalized spacial score (nSPS) is 10.6. The lowest BCUT2D eigenvalue weighted by atomic mass is 10.3. The fraction of sp³-hybridized carbons (Fsp3) is 0.0769. The highest BCUT2D eigenvalue weighted by atomic mass is 32.2. The van der Waals surface area contributed by atoms with Crippen molar-refractivity contribution in [1.29, 1.82) is 0 Å². The summed E-state index contributed by atoms with van der Waals surface area (Å²) in [5.74, 6) is -5.08. The van der Waals surface area contributed by atoms with Gasteiger partial charge in [-0.1, -0.05) is 11.8 Å². The lowest BCUT2D eigenvalue weighted by Gasteiger charge is -2.07. The number of ether oxygens (including phenoxy) is 1. The maximum absolute atomic E-state index is 13.4. The Bertz CT molecular complexity index is 572. The van der Waals surface area contributed by atoms with E-state index in [1.165, 1.54) is 19.2 Å². The lowest BCUT2D eigenvalue weighted by molar-refractivity contribution is 0.414. The van der Waals surface area contributed by atoms with E-state index in [9.17, 15) is 17.6 Å². The summed E-state index contributed by atoms with van der Waals surface area (Å²) in [5.41, 5.74) is 0. The van der Waals surface area contributed by atoms with Crippen molar-refractivity contribution in [3.05, 3.63) is 53.6 Å². The molecule has 0 saturated carbocycles. The maximum Gasteiger partial charge on any atom is 0.175 e. The van der Waals surface area contributed by atoms with Crippen LogP contribution in [0.25, 0.3) is 0 Å². The smallest absolute Gasteiger partial charge is 0.175 e. The zero-order chi connectivity index (χ0) is 14.0. The monoisotopic (exact) mass is 288 g/mol. The highest BCUT2D eigenvalue weighted by Gasteiger charge is 2.19. The lowest BCUT2D eigenvalue weighted by Crippen LogP contribution is -1.97. The summed E-state index contributed by atoms with van der Waals surface area (Å²) < 4.78 is 57.9. The van der Waals surface area contributed by atoms with Crippen LogP contribution in [0.1, 0.15) is 0 Å². The molecule has 0 N–H and O–H groups in total. The molecule has 0 aliphatic carbocycles. The van der Waals surface area contributed by atoms with E-state index in [1.54, 1.807) is 12.1 Å². The van der Waals surface area contributed by atoms with Crippen molar-refractivity contribution < 1.29 is 22.3 Å². The molecular formula is C13H8F4OS. The number of halogens is 4. The molecule has 0 atom stereocenters. The van der Waals surface area contributed by atoms with Crippen LogP contribution in [0.2, 0.25) is 0 Å². The minimum absolute atomic E-state index is 0.183. The SMILES string of the molecule is COc1ccc(Sc2c(F)c(F)cc(F)c2F)cc1. The molecule has 0 radical (unpaired) electrons. The van der Waals surface area contributed by atoms with Crippen LogP contribution in [0.3, 0.4) is 0 Å². The third-order valence-corrected chi connectivity index (χ3v) is 3.42. The van der Waals surface area contributed by atoms with Gasteiger partial charge in [0.2, 0.25) is 0 Å². The van der Waals surface area contributed by atoms with Crippen molar-refractivity contribution in [2.45, 2.75) is 9.79 Å². The van der Waals surface area contributed by atoms with Gasteiger partial charge in [-0.2, -0.15) is 0 Å². The second kappa shape index (κ2) is 5.52. The van der Waals surface area contributed by atoms with E-state index in [1.807, 2.05) is 0 Å². The Morgan fingerprint density at radius 2 is 1.42 bits per heavy atom.